The number of hydrogen-bond donors (Lipinski definition) is 1. The van der Waals surface area contributed by atoms with Crippen LogP contribution in [-0.2, 0) is 0 Å². The summed E-state index contributed by atoms with van der Waals surface area (Å²) in [6.07, 6.45) is 3.41. The molecular weight excluding hydrogens is 242 g/mol. The summed E-state index contributed by atoms with van der Waals surface area (Å²) in [6.45, 7) is 4.47. The molecule has 0 spiro atoms. The lowest BCUT2D eigenvalue weighted by Gasteiger charge is -2.27. The second-order valence-electron chi connectivity index (χ2n) is 5.94. The van der Waals surface area contributed by atoms with Gasteiger partial charge in [0.25, 0.3) is 0 Å². The maximum absolute atomic E-state index is 11.1. The SMILES string of the molecule is CC1(C)CCCC1n1nnc2ccc(C(=O)O)cc21. The second kappa shape index (κ2) is 4.05. The molecule has 0 saturated heterocycles. The van der Waals surface area contributed by atoms with Gasteiger partial charge in [-0.1, -0.05) is 25.5 Å². The molecule has 1 fully saturated rings. The maximum atomic E-state index is 11.1. The highest BCUT2D eigenvalue weighted by Gasteiger charge is 2.37. The van der Waals surface area contributed by atoms with Gasteiger partial charge in [0.1, 0.15) is 5.52 Å². The predicted octanol–water partition coefficient (Wildman–Crippen LogP) is 2.88. The van der Waals surface area contributed by atoms with Crippen LogP contribution in [0.5, 0.6) is 0 Å². The van der Waals surface area contributed by atoms with Crippen molar-refractivity contribution in [3.05, 3.63) is 23.8 Å². The van der Waals surface area contributed by atoms with Crippen molar-refractivity contribution in [1.82, 2.24) is 15.0 Å². The highest BCUT2D eigenvalue weighted by atomic mass is 16.4. The molecule has 3 rings (SSSR count). The minimum absolute atomic E-state index is 0.180. The molecule has 1 heterocycles. The third-order valence-electron chi connectivity index (χ3n) is 4.21. The Morgan fingerprint density at radius 1 is 1.47 bits per heavy atom. The number of carboxylic acid groups (broad SMARTS) is 1. The van der Waals surface area contributed by atoms with Crippen molar-refractivity contribution in [2.45, 2.75) is 39.2 Å². The number of aromatic carboxylic acids is 1. The Hall–Kier alpha value is -1.91. The van der Waals surface area contributed by atoms with Gasteiger partial charge in [-0.25, -0.2) is 9.48 Å². The van der Waals surface area contributed by atoms with Crippen molar-refractivity contribution in [2.24, 2.45) is 5.41 Å². The molecule has 5 nitrogen and oxygen atoms in total. The monoisotopic (exact) mass is 259 g/mol. The molecule has 1 aliphatic rings. The summed E-state index contributed by atoms with van der Waals surface area (Å²) in [5.41, 5.74) is 2.04. The molecule has 1 atom stereocenters. The molecule has 1 aromatic heterocycles. The van der Waals surface area contributed by atoms with Crippen LogP contribution in [0.1, 0.15) is 49.5 Å². The topological polar surface area (TPSA) is 68.0 Å². The number of carboxylic acids is 1. The van der Waals surface area contributed by atoms with Gasteiger partial charge in [0, 0.05) is 0 Å². The fraction of sp³-hybridized carbons (Fsp3) is 0.500. The van der Waals surface area contributed by atoms with E-state index in [9.17, 15) is 4.79 Å². The molecule has 2 aromatic rings. The number of nitrogens with zero attached hydrogens (tertiary/aromatic N) is 3. The van der Waals surface area contributed by atoms with E-state index < -0.39 is 5.97 Å². The number of carbonyl (C=O) groups is 1. The first kappa shape index (κ1) is 12.1. The molecule has 0 amide bonds. The average Bonchev–Trinajstić information content (AvgIpc) is 2.90. The standard InChI is InChI=1S/C14H17N3O2/c1-14(2)7-3-4-12(14)17-11-8-9(13(18)19)5-6-10(11)15-16-17/h5-6,8,12H,3-4,7H2,1-2H3,(H,18,19). The Bertz CT molecular complexity index is 645. The van der Waals surface area contributed by atoms with Gasteiger partial charge in [0.15, 0.2) is 0 Å². The van der Waals surface area contributed by atoms with Crippen molar-refractivity contribution in [2.75, 3.05) is 0 Å². The van der Waals surface area contributed by atoms with Crippen LogP contribution < -0.4 is 0 Å². The smallest absolute Gasteiger partial charge is 0.335 e. The van der Waals surface area contributed by atoms with E-state index in [0.29, 0.717) is 6.04 Å². The fourth-order valence-corrected chi connectivity index (χ4v) is 3.06. The molecule has 1 aromatic carbocycles. The fourth-order valence-electron chi connectivity index (χ4n) is 3.06. The largest absolute Gasteiger partial charge is 0.478 e. The van der Waals surface area contributed by atoms with E-state index >= 15 is 0 Å². The lowest BCUT2D eigenvalue weighted by molar-refractivity contribution is 0.0697. The van der Waals surface area contributed by atoms with Gasteiger partial charge in [-0.15, -0.1) is 5.10 Å². The van der Waals surface area contributed by atoms with Crippen LogP contribution in [0.4, 0.5) is 0 Å². The van der Waals surface area contributed by atoms with Crippen LogP contribution in [-0.4, -0.2) is 26.1 Å². The van der Waals surface area contributed by atoms with Crippen LogP contribution in [0.15, 0.2) is 18.2 Å². The number of hydrogen-bond acceptors (Lipinski definition) is 3. The molecule has 19 heavy (non-hydrogen) atoms. The molecule has 0 aliphatic heterocycles. The van der Waals surface area contributed by atoms with Crippen LogP contribution in [0.3, 0.4) is 0 Å². The normalized spacial score (nSPS) is 21.9. The third kappa shape index (κ3) is 1.89. The summed E-state index contributed by atoms with van der Waals surface area (Å²) in [5, 5.41) is 17.5. The summed E-state index contributed by atoms with van der Waals surface area (Å²) >= 11 is 0. The third-order valence-corrected chi connectivity index (χ3v) is 4.21. The van der Waals surface area contributed by atoms with E-state index in [1.807, 2.05) is 4.68 Å². The summed E-state index contributed by atoms with van der Waals surface area (Å²) in [4.78, 5) is 11.1. The number of fused-ring (bicyclic) bond motifs is 1. The van der Waals surface area contributed by atoms with Gasteiger partial charge in [-0.2, -0.15) is 0 Å². The molecule has 100 valence electrons. The van der Waals surface area contributed by atoms with E-state index in [1.165, 1.54) is 6.42 Å². The van der Waals surface area contributed by atoms with Crippen molar-refractivity contribution >= 4 is 17.0 Å². The second-order valence-corrected chi connectivity index (χ2v) is 5.94. The van der Waals surface area contributed by atoms with Gasteiger partial charge < -0.3 is 5.11 Å². The van der Waals surface area contributed by atoms with Crippen LogP contribution >= 0.6 is 0 Å². The molecule has 1 N–H and O–H groups in total. The minimum Gasteiger partial charge on any atom is -0.478 e. The lowest BCUT2D eigenvalue weighted by Crippen LogP contribution is -2.22. The highest BCUT2D eigenvalue weighted by Crippen LogP contribution is 2.46. The van der Waals surface area contributed by atoms with Gasteiger partial charge in [0.05, 0.1) is 17.1 Å². The Balaban J connectivity index is 2.14. The van der Waals surface area contributed by atoms with E-state index in [-0.39, 0.29) is 11.0 Å². The zero-order valence-electron chi connectivity index (χ0n) is 11.1. The van der Waals surface area contributed by atoms with Crippen LogP contribution in [0.25, 0.3) is 11.0 Å². The van der Waals surface area contributed by atoms with Gasteiger partial charge in [0.2, 0.25) is 0 Å². The first-order valence-corrected chi connectivity index (χ1v) is 6.57. The van der Waals surface area contributed by atoms with Crippen LogP contribution in [0, 0.1) is 5.41 Å². The maximum Gasteiger partial charge on any atom is 0.335 e. The Morgan fingerprint density at radius 3 is 2.89 bits per heavy atom. The zero-order valence-corrected chi connectivity index (χ0v) is 11.1. The lowest BCUT2D eigenvalue weighted by atomic mass is 9.87. The summed E-state index contributed by atoms with van der Waals surface area (Å²) in [6, 6.07) is 5.27. The van der Waals surface area contributed by atoms with Crippen molar-refractivity contribution < 1.29 is 9.90 Å². The Labute approximate surface area is 111 Å². The number of benzene rings is 1. The predicted molar refractivity (Wildman–Crippen MR) is 71.2 cm³/mol. The van der Waals surface area contributed by atoms with Crippen LogP contribution in [0.2, 0.25) is 0 Å². The number of rotatable bonds is 2. The van der Waals surface area contributed by atoms with Gasteiger partial charge >= 0.3 is 5.97 Å². The number of aromatic nitrogens is 3. The molecule has 5 heteroatoms. The highest BCUT2D eigenvalue weighted by molar-refractivity contribution is 5.92. The average molecular weight is 259 g/mol. The Kier molecular flexibility index (Phi) is 2.59. The molecular formula is C14H17N3O2. The van der Waals surface area contributed by atoms with E-state index in [1.54, 1.807) is 18.2 Å². The molecule has 1 unspecified atom stereocenters. The summed E-state index contributed by atoms with van der Waals surface area (Å²) in [5.74, 6) is -0.916. The van der Waals surface area contributed by atoms with E-state index in [2.05, 4.69) is 24.2 Å². The van der Waals surface area contributed by atoms with Crippen molar-refractivity contribution in [1.29, 1.82) is 0 Å². The molecule has 1 saturated carbocycles. The molecule has 0 bridgehead atoms. The minimum atomic E-state index is -0.916. The van der Waals surface area contributed by atoms with Crippen molar-refractivity contribution in [3.63, 3.8) is 0 Å². The first-order chi connectivity index (χ1) is 8.99. The first-order valence-electron chi connectivity index (χ1n) is 6.57. The van der Waals surface area contributed by atoms with E-state index in [4.69, 9.17) is 5.11 Å². The van der Waals surface area contributed by atoms with Gasteiger partial charge in [-0.05, 0) is 36.5 Å². The Morgan fingerprint density at radius 2 is 2.26 bits per heavy atom. The van der Waals surface area contributed by atoms with E-state index in [0.717, 1.165) is 23.9 Å². The molecule has 1 aliphatic carbocycles. The van der Waals surface area contributed by atoms with Gasteiger partial charge in [-0.3, -0.25) is 0 Å². The summed E-state index contributed by atoms with van der Waals surface area (Å²) < 4.78 is 1.91. The zero-order chi connectivity index (χ0) is 13.6. The van der Waals surface area contributed by atoms with Crippen molar-refractivity contribution in [3.8, 4) is 0 Å². The quantitative estimate of drug-likeness (QED) is 0.900. The summed E-state index contributed by atoms with van der Waals surface area (Å²) in [7, 11) is 0. The molecule has 0 radical (unpaired) electrons.